The van der Waals surface area contributed by atoms with Crippen LogP contribution in [0.1, 0.15) is 35.8 Å². The van der Waals surface area contributed by atoms with Gasteiger partial charge in [0, 0.05) is 17.5 Å². The monoisotopic (exact) mass is 404 g/mol. The number of piperidine rings is 1. The summed E-state index contributed by atoms with van der Waals surface area (Å²) in [6, 6.07) is 7.21. The highest BCUT2D eigenvalue weighted by atomic mass is 19.4. The molecular formula is C19H21F3N7+. The van der Waals surface area contributed by atoms with Gasteiger partial charge >= 0.3 is 12.1 Å². The molecule has 0 saturated carbocycles. The number of nitrogens with two attached hydrogens (primary N) is 1. The summed E-state index contributed by atoms with van der Waals surface area (Å²) >= 11 is 0. The van der Waals surface area contributed by atoms with Crippen molar-refractivity contribution in [3.8, 4) is 11.4 Å². The van der Waals surface area contributed by atoms with Gasteiger partial charge in [0.15, 0.2) is 5.82 Å². The molecule has 1 aliphatic heterocycles. The maximum atomic E-state index is 13.5. The molecule has 1 aliphatic rings. The van der Waals surface area contributed by atoms with Gasteiger partial charge in [-0.05, 0) is 38.9 Å². The fraction of sp³-hybridized carbons (Fsp3) is 0.368. The van der Waals surface area contributed by atoms with Crippen LogP contribution in [0.25, 0.3) is 11.4 Å². The van der Waals surface area contributed by atoms with E-state index in [0.717, 1.165) is 37.7 Å². The van der Waals surface area contributed by atoms with E-state index in [-0.39, 0.29) is 17.3 Å². The highest BCUT2D eigenvalue weighted by molar-refractivity contribution is 5.62. The minimum Gasteiger partial charge on any atom is -0.317 e. The van der Waals surface area contributed by atoms with E-state index >= 15 is 0 Å². The van der Waals surface area contributed by atoms with Gasteiger partial charge < -0.3 is 5.32 Å². The van der Waals surface area contributed by atoms with Crippen LogP contribution in [0.3, 0.4) is 0 Å². The number of hydrogen-bond acceptors (Lipinski definition) is 5. The zero-order valence-corrected chi connectivity index (χ0v) is 15.8. The summed E-state index contributed by atoms with van der Waals surface area (Å²) in [6.07, 6.45) is -2.75. The molecule has 0 amide bonds. The Kier molecular flexibility index (Phi) is 5.29. The summed E-state index contributed by atoms with van der Waals surface area (Å²) in [6.45, 7) is 3.47. The van der Waals surface area contributed by atoms with Crippen LogP contribution in [-0.2, 0) is 6.18 Å². The Morgan fingerprint density at radius 2 is 1.83 bits per heavy atom. The van der Waals surface area contributed by atoms with Gasteiger partial charge in [-0.15, -0.1) is 0 Å². The Labute approximate surface area is 165 Å². The second-order valence-electron chi connectivity index (χ2n) is 7.03. The van der Waals surface area contributed by atoms with Crippen LogP contribution < -0.4 is 10.6 Å². The first-order valence-corrected chi connectivity index (χ1v) is 9.40. The number of aryl methyl sites for hydroxylation is 1. The van der Waals surface area contributed by atoms with Gasteiger partial charge in [-0.25, -0.2) is 10.3 Å². The molecule has 0 spiro atoms. The topological polar surface area (TPSA) is 96.0 Å². The minimum atomic E-state index is -4.49. The van der Waals surface area contributed by atoms with Crippen molar-refractivity contribution in [2.45, 2.75) is 31.9 Å². The number of aromatic nitrogens is 5. The first-order valence-electron chi connectivity index (χ1n) is 9.40. The van der Waals surface area contributed by atoms with Crippen molar-refractivity contribution in [1.29, 1.82) is 0 Å². The number of benzene rings is 1. The first kappa shape index (κ1) is 19.5. The van der Waals surface area contributed by atoms with Crippen molar-refractivity contribution in [2.24, 2.45) is 0 Å². The summed E-state index contributed by atoms with van der Waals surface area (Å²) in [4.78, 5) is 13.2. The number of quaternary nitrogens is 1. The summed E-state index contributed by atoms with van der Waals surface area (Å²) in [5, 5.41) is 11.8. The molecule has 1 fully saturated rings. The van der Waals surface area contributed by atoms with E-state index in [1.165, 1.54) is 12.1 Å². The van der Waals surface area contributed by atoms with Crippen molar-refractivity contribution < 1.29 is 18.5 Å². The molecular weight excluding hydrogens is 383 g/mol. The third kappa shape index (κ3) is 4.43. The molecule has 1 aromatic carbocycles. The Bertz CT molecular complexity index is 993. The van der Waals surface area contributed by atoms with Crippen LogP contribution >= 0.6 is 0 Å². The van der Waals surface area contributed by atoms with Crippen LogP contribution in [0, 0.1) is 6.92 Å². The number of aromatic amines is 1. The summed E-state index contributed by atoms with van der Waals surface area (Å²) < 4.78 is 40.6. The van der Waals surface area contributed by atoms with Crippen molar-refractivity contribution in [3.05, 3.63) is 47.4 Å². The second-order valence-corrected chi connectivity index (χ2v) is 7.03. The molecule has 7 nitrogen and oxygen atoms in total. The Morgan fingerprint density at radius 3 is 2.52 bits per heavy atom. The first-order chi connectivity index (χ1) is 13.9. The largest absolute Gasteiger partial charge is 0.417 e. The minimum absolute atomic E-state index is 0.0309. The molecule has 0 radical (unpaired) electrons. The average molecular weight is 404 g/mol. The van der Waals surface area contributed by atoms with Crippen LogP contribution in [-0.4, -0.2) is 38.2 Å². The van der Waals surface area contributed by atoms with Crippen molar-refractivity contribution in [3.63, 3.8) is 0 Å². The molecule has 0 aliphatic carbocycles. The maximum absolute atomic E-state index is 13.5. The predicted molar refractivity (Wildman–Crippen MR) is 99.7 cm³/mol. The smallest absolute Gasteiger partial charge is 0.317 e. The predicted octanol–water partition coefficient (Wildman–Crippen LogP) is 2.58. The molecule has 10 heteroatoms. The highest BCUT2D eigenvalue weighted by Crippen LogP contribution is 2.36. The SMILES string of the molecule is Cc1nc([NH2+]c2cc(C3CCNCC3)nc(-c3ccccc3C(F)(F)F)n2)n[nH]1. The average Bonchev–Trinajstić information content (AvgIpc) is 3.12. The molecule has 29 heavy (non-hydrogen) atoms. The number of nitrogens with one attached hydrogen (secondary N) is 2. The summed E-state index contributed by atoms with van der Waals surface area (Å²) in [5.41, 5.74) is -0.0364. The van der Waals surface area contributed by atoms with E-state index in [4.69, 9.17) is 0 Å². The van der Waals surface area contributed by atoms with Crippen LogP contribution in [0.4, 0.5) is 24.9 Å². The molecule has 3 heterocycles. The maximum Gasteiger partial charge on any atom is 0.417 e. The zero-order valence-electron chi connectivity index (χ0n) is 15.8. The third-order valence-electron chi connectivity index (χ3n) is 4.89. The lowest BCUT2D eigenvalue weighted by atomic mass is 9.94. The summed E-state index contributed by atoms with van der Waals surface area (Å²) in [7, 11) is 0. The molecule has 1 saturated heterocycles. The Balaban J connectivity index is 1.79. The van der Waals surface area contributed by atoms with Crippen LogP contribution in [0.15, 0.2) is 30.3 Å². The fourth-order valence-electron chi connectivity index (χ4n) is 3.49. The number of halogens is 3. The molecule has 4 rings (SSSR count). The number of H-pyrrole nitrogens is 1. The molecule has 4 N–H and O–H groups in total. The van der Waals surface area contributed by atoms with Gasteiger partial charge in [0.1, 0.15) is 5.82 Å². The number of nitrogens with zero attached hydrogens (tertiary/aromatic N) is 4. The summed E-state index contributed by atoms with van der Waals surface area (Å²) in [5.74, 6) is 1.78. The van der Waals surface area contributed by atoms with Gasteiger partial charge in [-0.3, -0.25) is 5.10 Å². The van der Waals surface area contributed by atoms with E-state index in [1.807, 2.05) is 6.07 Å². The van der Waals surface area contributed by atoms with Gasteiger partial charge in [-0.2, -0.15) is 23.1 Å². The number of alkyl halides is 3. The normalized spacial score (nSPS) is 15.6. The zero-order chi connectivity index (χ0) is 20.4. The van der Waals surface area contributed by atoms with E-state index in [9.17, 15) is 13.2 Å². The molecule has 2 aromatic heterocycles. The van der Waals surface area contributed by atoms with Gasteiger partial charge in [0.05, 0.1) is 11.3 Å². The highest BCUT2D eigenvalue weighted by Gasteiger charge is 2.34. The quantitative estimate of drug-likeness (QED) is 0.621. The van der Waals surface area contributed by atoms with E-state index in [1.54, 1.807) is 18.3 Å². The van der Waals surface area contributed by atoms with E-state index in [0.29, 0.717) is 17.6 Å². The second kappa shape index (κ2) is 7.88. The molecule has 0 unspecified atom stereocenters. The molecule has 152 valence electrons. The standard InChI is InChI=1S/C19H20F3N7/c1-11-24-18(29-28-11)27-16-10-15(12-6-8-23-9-7-12)25-17(26-16)13-4-2-3-5-14(13)19(20,21)22/h2-5,10,12,23H,6-9H2,1H3,(H2,24,25,26,27,28,29)/p+1. The molecule has 0 atom stereocenters. The van der Waals surface area contributed by atoms with E-state index < -0.39 is 11.7 Å². The lowest BCUT2D eigenvalue weighted by Gasteiger charge is -2.22. The van der Waals surface area contributed by atoms with Gasteiger partial charge in [-0.1, -0.05) is 23.3 Å². The lowest BCUT2D eigenvalue weighted by Crippen LogP contribution is -2.72. The van der Waals surface area contributed by atoms with Crippen molar-refractivity contribution >= 4 is 11.8 Å². The van der Waals surface area contributed by atoms with Crippen molar-refractivity contribution in [2.75, 3.05) is 13.1 Å². The molecule has 3 aromatic rings. The number of rotatable bonds is 4. The Hall–Kier alpha value is -2.85. The van der Waals surface area contributed by atoms with E-state index in [2.05, 4.69) is 30.5 Å². The fourth-order valence-corrected chi connectivity index (χ4v) is 3.49. The van der Waals surface area contributed by atoms with Crippen molar-refractivity contribution in [1.82, 2.24) is 30.5 Å². The lowest BCUT2D eigenvalue weighted by molar-refractivity contribution is -0.491. The van der Waals surface area contributed by atoms with Crippen LogP contribution in [0.5, 0.6) is 0 Å². The van der Waals surface area contributed by atoms with Crippen LogP contribution in [0.2, 0.25) is 0 Å². The number of hydrogen-bond donors (Lipinski definition) is 3. The van der Waals surface area contributed by atoms with Gasteiger partial charge in [0.2, 0.25) is 5.82 Å². The molecule has 0 bridgehead atoms. The third-order valence-corrected chi connectivity index (χ3v) is 4.89. The Morgan fingerprint density at radius 1 is 1.07 bits per heavy atom. The van der Waals surface area contributed by atoms with Gasteiger partial charge in [0.25, 0.3) is 0 Å².